The molecular formula is C18H16FN3O. The molecule has 0 fully saturated rings. The highest BCUT2D eigenvalue weighted by Crippen LogP contribution is 2.21. The summed E-state index contributed by atoms with van der Waals surface area (Å²) in [6.07, 6.45) is 1.52. The molecule has 0 aliphatic heterocycles. The lowest BCUT2D eigenvalue weighted by molar-refractivity contribution is 0.0991. The van der Waals surface area contributed by atoms with Crippen molar-refractivity contribution in [3.63, 3.8) is 0 Å². The molecule has 0 saturated carbocycles. The van der Waals surface area contributed by atoms with E-state index in [9.17, 15) is 9.18 Å². The Labute approximate surface area is 133 Å². The van der Waals surface area contributed by atoms with E-state index in [-0.39, 0.29) is 11.6 Å². The quantitative estimate of drug-likeness (QED) is 0.741. The van der Waals surface area contributed by atoms with Crippen LogP contribution in [0.2, 0.25) is 0 Å². The summed E-state index contributed by atoms with van der Waals surface area (Å²) in [6.45, 7) is 1.82. The zero-order valence-electron chi connectivity index (χ0n) is 12.9. The Morgan fingerprint density at radius 2 is 1.74 bits per heavy atom. The van der Waals surface area contributed by atoms with Crippen LogP contribution in [0.15, 0.2) is 60.8 Å². The van der Waals surface area contributed by atoms with Crippen molar-refractivity contribution in [1.29, 1.82) is 0 Å². The first-order valence-electron chi connectivity index (χ1n) is 7.22. The first-order valence-corrected chi connectivity index (χ1v) is 7.22. The van der Waals surface area contributed by atoms with Gasteiger partial charge in [-0.05, 0) is 31.2 Å². The number of halogens is 1. The first kappa shape index (κ1) is 15.0. The van der Waals surface area contributed by atoms with Gasteiger partial charge in [0.25, 0.3) is 5.91 Å². The third-order valence-electron chi connectivity index (χ3n) is 3.76. The number of carbonyl (C=O) groups excluding carboxylic acids is 1. The number of amides is 1. The van der Waals surface area contributed by atoms with E-state index in [0.29, 0.717) is 11.3 Å². The maximum atomic E-state index is 13.9. The summed E-state index contributed by atoms with van der Waals surface area (Å²) in [5, 5.41) is 4.28. The highest BCUT2D eigenvalue weighted by atomic mass is 19.1. The zero-order valence-corrected chi connectivity index (χ0v) is 12.9. The Morgan fingerprint density at radius 3 is 2.43 bits per heavy atom. The van der Waals surface area contributed by atoms with E-state index in [0.717, 1.165) is 5.69 Å². The SMILES string of the molecule is Cc1c(C(=O)N(C)c2ccccc2F)cnn1-c1ccccc1. The van der Waals surface area contributed by atoms with Gasteiger partial charge in [0.2, 0.25) is 0 Å². The van der Waals surface area contributed by atoms with Crippen LogP contribution in [0.1, 0.15) is 16.1 Å². The van der Waals surface area contributed by atoms with Gasteiger partial charge in [0.15, 0.2) is 0 Å². The van der Waals surface area contributed by atoms with Crippen molar-refractivity contribution in [2.45, 2.75) is 6.92 Å². The minimum atomic E-state index is -0.434. The minimum Gasteiger partial charge on any atom is -0.309 e. The van der Waals surface area contributed by atoms with Gasteiger partial charge in [0, 0.05) is 7.05 Å². The molecule has 23 heavy (non-hydrogen) atoms. The average molecular weight is 309 g/mol. The molecule has 0 spiro atoms. The molecule has 4 nitrogen and oxygen atoms in total. The second kappa shape index (κ2) is 6.04. The van der Waals surface area contributed by atoms with Crippen LogP contribution in [0.4, 0.5) is 10.1 Å². The molecule has 0 atom stereocenters. The third kappa shape index (κ3) is 2.73. The molecule has 1 aromatic heterocycles. The third-order valence-corrected chi connectivity index (χ3v) is 3.76. The highest BCUT2D eigenvalue weighted by Gasteiger charge is 2.21. The summed E-state index contributed by atoms with van der Waals surface area (Å²) in [7, 11) is 1.56. The predicted molar refractivity (Wildman–Crippen MR) is 87.4 cm³/mol. The topological polar surface area (TPSA) is 38.1 Å². The number of rotatable bonds is 3. The van der Waals surface area contributed by atoms with Gasteiger partial charge >= 0.3 is 0 Å². The van der Waals surface area contributed by atoms with Crippen molar-refractivity contribution in [3.05, 3.63) is 77.9 Å². The van der Waals surface area contributed by atoms with Gasteiger partial charge in [-0.3, -0.25) is 4.79 Å². The number of anilines is 1. The van der Waals surface area contributed by atoms with Crippen LogP contribution >= 0.6 is 0 Å². The van der Waals surface area contributed by atoms with Crippen molar-refractivity contribution in [2.24, 2.45) is 0 Å². The number of para-hydroxylation sites is 2. The molecule has 3 aromatic rings. The van der Waals surface area contributed by atoms with Gasteiger partial charge in [-0.2, -0.15) is 5.10 Å². The Hall–Kier alpha value is -2.95. The number of aromatic nitrogens is 2. The lowest BCUT2D eigenvalue weighted by Crippen LogP contribution is -2.27. The molecule has 3 rings (SSSR count). The summed E-state index contributed by atoms with van der Waals surface area (Å²) in [4.78, 5) is 14.0. The van der Waals surface area contributed by atoms with Gasteiger partial charge < -0.3 is 4.90 Å². The molecule has 1 amide bonds. The second-order valence-electron chi connectivity index (χ2n) is 5.21. The number of hydrogen-bond donors (Lipinski definition) is 0. The van der Waals surface area contributed by atoms with Gasteiger partial charge in [-0.1, -0.05) is 30.3 Å². The number of hydrogen-bond acceptors (Lipinski definition) is 2. The molecule has 0 unspecified atom stereocenters. The molecule has 0 saturated heterocycles. The lowest BCUT2D eigenvalue weighted by atomic mass is 10.2. The standard InChI is InChI=1S/C18H16FN3O/c1-13-15(12-20-22(13)14-8-4-3-5-9-14)18(23)21(2)17-11-7-6-10-16(17)19/h3-12H,1-2H3. The van der Waals surface area contributed by atoms with Gasteiger partial charge in [0.05, 0.1) is 28.8 Å². The van der Waals surface area contributed by atoms with Crippen molar-refractivity contribution >= 4 is 11.6 Å². The van der Waals surface area contributed by atoms with Crippen LogP contribution in [0.3, 0.4) is 0 Å². The van der Waals surface area contributed by atoms with Crippen LogP contribution in [0, 0.1) is 12.7 Å². The molecule has 2 aromatic carbocycles. The van der Waals surface area contributed by atoms with E-state index in [1.54, 1.807) is 29.9 Å². The lowest BCUT2D eigenvalue weighted by Gasteiger charge is -2.17. The summed E-state index contributed by atoms with van der Waals surface area (Å²) in [6, 6.07) is 15.7. The predicted octanol–water partition coefficient (Wildman–Crippen LogP) is 3.60. The summed E-state index contributed by atoms with van der Waals surface area (Å²) in [5.74, 6) is -0.730. The fraction of sp³-hybridized carbons (Fsp3) is 0.111. The molecule has 0 radical (unpaired) electrons. The maximum absolute atomic E-state index is 13.9. The summed E-state index contributed by atoms with van der Waals surface area (Å²) in [5.41, 5.74) is 2.27. The van der Waals surface area contributed by atoms with Crippen LogP contribution in [-0.2, 0) is 0 Å². The largest absolute Gasteiger partial charge is 0.309 e. The van der Waals surface area contributed by atoms with E-state index in [1.807, 2.05) is 37.3 Å². The van der Waals surface area contributed by atoms with Crippen LogP contribution in [-0.4, -0.2) is 22.7 Å². The molecule has 5 heteroatoms. The molecule has 0 aliphatic rings. The highest BCUT2D eigenvalue weighted by molar-refractivity contribution is 6.06. The molecule has 1 heterocycles. The Morgan fingerprint density at radius 1 is 1.09 bits per heavy atom. The van der Waals surface area contributed by atoms with E-state index >= 15 is 0 Å². The van der Waals surface area contributed by atoms with Crippen molar-refractivity contribution in [3.8, 4) is 5.69 Å². The van der Waals surface area contributed by atoms with E-state index in [4.69, 9.17) is 0 Å². The number of nitrogens with zero attached hydrogens (tertiary/aromatic N) is 3. The van der Waals surface area contributed by atoms with Crippen molar-refractivity contribution in [1.82, 2.24) is 9.78 Å². The fourth-order valence-corrected chi connectivity index (χ4v) is 2.46. The molecular weight excluding hydrogens is 293 g/mol. The average Bonchev–Trinajstić information content (AvgIpc) is 2.96. The number of benzene rings is 2. The Kier molecular flexibility index (Phi) is 3.93. The maximum Gasteiger partial charge on any atom is 0.261 e. The summed E-state index contributed by atoms with van der Waals surface area (Å²) < 4.78 is 15.6. The first-order chi connectivity index (χ1) is 11.1. The van der Waals surface area contributed by atoms with Crippen molar-refractivity contribution < 1.29 is 9.18 Å². The fourth-order valence-electron chi connectivity index (χ4n) is 2.46. The monoisotopic (exact) mass is 309 g/mol. The smallest absolute Gasteiger partial charge is 0.261 e. The molecule has 0 bridgehead atoms. The van der Waals surface area contributed by atoms with Gasteiger partial charge in [0.1, 0.15) is 5.82 Å². The van der Waals surface area contributed by atoms with Crippen LogP contribution in [0.5, 0.6) is 0 Å². The van der Waals surface area contributed by atoms with Crippen LogP contribution < -0.4 is 4.90 Å². The Bertz CT molecular complexity index is 842. The second-order valence-corrected chi connectivity index (χ2v) is 5.21. The molecule has 0 N–H and O–H groups in total. The van der Waals surface area contributed by atoms with Gasteiger partial charge in [-0.15, -0.1) is 0 Å². The summed E-state index contributed by atoms with van der Waals surface area (Å²) >= 11 is 0. The van der Waals surface area contributed by atoms with E-state index in [1.165, 1.54) is 17.2 Å². The van der Waals surface area contributed by atoms with Crippen LogP contribution in [0.25, 0.3) is 5.69 Å². The molecule has 116 valence electrons. The minimum absolute atomic E-state index is 0.240. The van der Waals surface area contributed by atoms with E-state index < -0.39 is 5.82 Å². The normalized spacial score (nSPS) is 10.6. The Balaban J connectivity index is 1.95. The molecule has 0 aliphatic carbocycles. The van der Waals surface area contributed by atoms with E-state index in [2.05, 4.69) is 5.10 Å². The number of carbonyl (C=O) groups is 1. The van der Waals surface area contributed by atoms with Crippen molar-refractivity contribution in [2.75, 3.05) is 11.9 Å². The zero-order chi connectivity index (χ0) is 16.4. The van der Waals surface area contributed by atoms with Gasteiger partial charge in [-0.25, -0.2) is 9.07 Å².